The largest absolute Gasteiger partial charge is 0.487 e. The zero-order valence-electron chi connectivity index (χ0n) is 12.4. The highest BCUT2D eigenvalue weighted by Gasteiger charge is 2.07. The number of thiazole rings is 1. The molecular weight excluding hydrogens is 348 g/mol. The molecule has 0 aliphatic rings. The SMILES string of the molecule is CCCc1nc(COc2ccc(Br)c(CC(C)N)c2)cs1. The molecule has 2 N–H and O–H groups in total. The topological polar surface area (TPSA) is 48.1 Å². The van der Waals surface area contributed by atoms with Gasteiger partial charge in [0, 0.05) is 15.9 Å². The van der Waals surface area contributed by atoms with E-state index in [1.165, 1.54) is 10.6 Å². The Hall–Kier alpha value is -0.910. The molecule has 1 unspecified atom stereocenters. The molecule has 2 rings (SSSR count). The van der Waals surface area contributed by atoms with Crippen molar-refractivity contribution in [3.8, 4) is 5.75 Å². The average Bonchev–Trinajstić information content (AvgIpc) is 2.87. The van der Waals surface area contributed by atoms with Gasteiger partial charge in [-0.1, -0.05) is 22.9 Å². The van der Waals surface area contributed by atoms with Gasteiger partial charge in [0.1, 0.15) is 12.4 Å². The molecule has 0 aliphatic heterocycles. The zero-order chi connectivity index (χ0) is 15.2. The van der Waals surface area contributed by atoms with E-state index in [1.807, 2.05) is 25.1 Å². The van der Waals surface area contributed by atoms with E-state index in [4.69, 9.17) is 10.5 Å². The number of hydrogen-bond acceptors (Lipinski definition) is 4. The highest BCUT2D eigenvalue weighted by Crippen LogP contribution is 2.24. The number of nitrogens with two attached hydrogens (primary N) is 1. The lowest BCUT2D eigenvalue weighted by molar-refractivity contribution is 0.301. The highest BCUT2D eigenvalue weighted by atomic mass is 79.9. The molecule has 3 nitrogen and oxygen atoms in total. The predicted molar refractivity (Wildman–Crippen MR) is 91.9 cm³/mol. The molecule has 21 heavy (non-hydrogen) atoms. The summed E-state index contributed by atoms with van der Waals surface area (Å²) >= 11 is 5.26. The molecule has 0 spiro atoms. The Morgan fingerprint density at radius 2 is 2.24 bits per heavy atom. The summed E-state index contributed by atoms with van der Waals surface area (Å²) in [6.07, 6.45) is 3.00. The molecule has 0 radical (unpaired) electrons. The predicted octanol–water partition coefficient (Wildman–Crippen LogP) is 4.33. The second kappa shape index (κ2) is 7.92. The number of aryl methyl sites for hydroxylation is 1. The third kappa shape index (κ3) is 5.09. The van der Waals surface area contributed by atoms with Crippen LogP contribution in [0, 0.1) is 0 Å². The van der Waals surface area contributed by atoms with Crippen LogP contribution < -0.4 is 10.5 Å². The van der Waals surface area contributed by atoms with Crippen LogP contribution in [0.15, 0.2) is 28.1 Å². The van der Waals surface area contributed by atoms with Gasteiger partial charge in [0.25, 0.3) is 0 Å². The summed E-state index contributed by atoms with van der Waals surface area (Å²) in [4.78, 5) is 4.57. The summed E-state index contributed by atoms with van der Waals surface area (Å²) in [6, 6.07) is 6.16. The number of ether oxygens (including phenoxy) is 1. The molecule has 114 valence electrons. The first kappa shape index (κ1) is 16.5. The number of nitrogens with zero attached hydrogens (tertiary/aromatic N) is 1. The molecule has 1 atom stereocenters. The summed E-state index contributed by atoms with van der Waals surface area (Å²) in [5.74, 6) is 0.860. The number of hydrogen-bond donors (Lipinski definition) is 1. The summed E-state index contributed by atoms with van der Waals surface area (Å²) in [5.41, 5.74) is 8.04. The van der Waals surface area contributed by atoms with Gasteiger partial charge in [-0.15, -0.1) is 11.3 Å². The Morgan fingerprint density at radius 1 is 1.43 bits per heavy atom. The first-order valence-corrected chi connectivity index (χ1v) is 8.85. The van der Waals surface area contributed by atoms with Crippen molar-refractivity contribution >= 4 is 27.3 Å². The summed E-state index contributed by atoms with van der Waals surface area (Å²) in [6.45, 7) is 4.68. The number of benzene rings is 1. The minimum atomic E-state index is 0.131. The smallest absolute Gasteiger partial charge is 0.131 e. The second-order valence-electron chi connectivity index (χ2n) is 5.21. The monoisotopic (exact) mass is 368 g/mol. The van der Waals surface area contributed by atoms with Crippen LogP contribution in [-0.2, 0) is 19.4 Å². The van der Waals surface area contributed by atoms with E-state index < -0.39 is 0 Å². The van der Waals surface area contributed by atoms with Gasteiger partial charge >= 0.3 is 0 Å². The maximum absolute atomic E-state index is 5.87. The molecule has 2 aromatic rings. The number of aromatic nitrogens is 1. The van der Waals surface area contributed by atoms with Gasteiger partial charge in [-0.2, -0.15) is 0 Å². The average molecular weight is 369 g/mol. The maximum atomic E-state index is 5.87. The lowest BCUT2D eigenvalue weighted by atomic mass is 10.1. The van der Waals surface area contributed by atoms with Crippen molar-refractivity contribution in [3.05, 3.63) is 44.3 Å². The van der Waals surface area contributed by atoms with Crippen molar-refractivity contribution in [2.45, 2.75) is 45.8 Å². The molecular formula is C16H21BrN2OS. The Kier molecular flexibility index (Phi) is 6.21. The quantitative estimate of drug-likeness (QED) is 0.790. The molecule has 1 heterocycles. The first-order chi connectivity index (χ1) is 10.1. The Labute approximate surface area is 138 Å². The number of rotatable bonds is 7. The van der Waals surface area contributed by atoms with E-state index >= 15 is 0 Å². The van der Waals surface area contributed by atoms with Crippen LogP contribution in [0.5, 0.6) is 5.75 Å². The van der Waals surface area contributed by atoms with Crippen LogP contribution in [0.25, 0.3) is 0 Å². The van der Waals surface area contributed by atoms with E-state index in [-0.39, 0.29) is 6.04 Å². The van der Waals surface area contributed by atoms with Crippen molar-refractivity contribution in [2.24, 2.45) is 5.73 Å². The molecule has 0 saturated heterocycles. The van der Waals surface area contributed by atoms with Crippen LogP contribution >= 0.6 is 27.3 Å². The fraction of sp³-hybridized carbons (Fsp3) is 0.438. The van der Waals surface area contributed by atoms with Crippen LogP contribution in [0.3, 0.4) is 0 Å². The fourth-order valence-electron chi connectivity index (χ4n) is 2.05. The molecule has 0 bridgehead atoms. The van der Waals surface area contributed by atoms with Crippen molar-refractivity contribution in [1.82, 2.24) is 4.98 Å². The highest BCUT2D eigenvalue weighted by molar-refractivity contribution is 9.10. The maximum Gasteiger partial charge on any atom is 0.131 e. The van der Waals surface area contributed by atoms with Gasteiger partial charge in [0.05, 0.1) is 10.7 Å². The Bertz CT molecular complexity index is 583. The van der Waals surface area contributed by atoms with Crippen LogP contribution in [0.1, 0.15) is 36.5 Å². The Balaban J connectivity index is 1.98. The van der Waals surface area contributed by atoms with Gasteiger partial charge in [-0.3, -0.25) is 0 Å². The zero-order valence-corrected chi connectivity index (χ0v) is 14.8. The van der Waals surface area contributed by atoms with E-state index in [0.29, 0.717) is 6.61 Å². The lowest BCUT2D eigenvalue weighted by Crippen LogP contribution is -2.18. The van der Waals surface area contributed by atoms with Crippen molar-refractivity contribution in [3.63, 3.8) is 0 Å². The van der Waals surface area contributed by atoms with Gasteiger partial charge < -0.3 is 10.5 Å². The van der Waals surface area contributed by atoms with Crippen LogP contribution in [0.4, 0.5) is 0 Å². The summed E-state index contributed by atoms with van der Waals surface area (Å²) in [7, 11) is 0. The first-order valence-electron chi connectivity index (χ1n) is 7.18. The van der Waals surface area contributed by atoms with Crippen LogP contribution in [0.2, 0.25) is 0 Å². The summed E-state index contributed by atoms with van der Waals surface area (Å²) < 4.78 is 6.92. The minimum Gasteiger partial charge on any atom is -0.487 e. The van der Waals surface area contributed by atoms with Crippen molar-refractivity contribution in [2.75, 3.05) is 0 Å². The fourth-order valence-corrected chi connectivity index (χ4v) is 3.34. The molecule has 1 aromatic carbocycles. The molecule has 0 saturated carbocycles. The van der Waals surface area contributed by atoms with Crippen LogP contribution in [-0.4, -0.2) is 11.0 Å². The molecule has 0 aliphatic carbocycles. The summed E-state index contributed by atoms with van der Waals surface area (Å²) in [5, 5.41) is 3.26. The standard InChI is InChI=1S/C16H21BrN2OS/c1-3-4-16-19-13(10-21-16)9-20-14-5-6-15(17)12(8-14)7-11(2)18/h5-6,8,10-11H,3-4,7,9,18H2,1-2H3. The second-order valence-corrected chi connectivity index (χ2v) is 7.00. The minimum absolute atomic E-state index is 0.131. The third-order valence-corrected chi connectivity index (χ3v) is 4.74. The van der Waals surface area contributed by atoms with Gasteiger partial charge in [-0.25, -0.2) is 4.98 Å². The van der Waals surface area contributed by atoms with Gasteiger partial charge in [0.2, 0.25) is 0 Å². The van der Waals surface area contributed by atoms with Crippen molar-refractivity contribution in [1.29, 1.82) is 0 Å². The Morgan fingerprint density at radius 3 is 2.95 bits per heavy atom. The molecule has 5 heteroatoms. The van der Waals surface area contributed by atoms with E-state index in [9.17, 15) is 0 Å². The van der Waals surface area contributed by atoms with E-state index in [0.717, 1.165) is 35.2 Å². The van der Waals surface area contributed by atoms with Gasteiger partial charge in [0.15, 0.2) is 0 Å². The van der Waals surface area contributed by atoms with Crippen molar-refractivity contribution < 1.29 is 4.74 Å². The molecule has 0 amide bonds. The third-order valence-electron chi connectivity index (χ3n) is 3.01. The number of halogens is 1. The van der Waals surface area contributed by atoms with E-state index in [1.54, 1.807) is 11.3 Å². The normalized spacial score (nSPS) is 12.4. The lowest BCUT2D eigenvalue weighted by Gasteiger charge is -2.11. The van der Waals surface area contributed by atoms with Gasteiger partial charge in [-0.05, 0) is 49.9 Å². The molecule has 1 aromatic heterocycles. The van der Waals surface area contributed by atoms with E-state index in [2.05, 4.69) is 33.2 Å². The molecule has 0 fully saturated rings.